The molecule has 0 aliphatic rings. The normalized spacial score (nSPS) is 13.1. The van der Waals surface area contributed by atoms with Crippen molar-refractivity contribution < 1.29 is 19.4 Å². The molecular weight excluding hydrogens is 324 g/mol. The van der Waals surface area contributed by atoms with Gasteiger partial charge in [-0.3, -0.25) is 0 Å². The number of ether oxygens (including phenoxy) is 2. The number of carbonyl (C=O) groups is 1. The Morgan fingerprint density at radius 3 is 2.72 bits per heavy atom. The van der Waals surface area contributed by atoms with E-state index in [1.165, 1.54) is 6.21 Å². The quantitative estimate of drug-likeness (QED) is 0.177. The topological polar surface area (TPSA) is 122 Å². The van der Waals surface area contributed by atoms with E-state index < -0.39 is 11.9 Å². The number of para-hydroxylation sites is 1. The number of nitrogens with zero attached hydrogens (tertiary/aromatic N) is 2. The van der Waals surface area contributed by atoms with E-state index in [1.54, 1.807) is 20.0 Å². The Morgan fingerprint density at radius 2 is 2.00 bits per heavy atom. The number of amidine groups is 1. The van der Waals surface area contributed by atoms with Crippen molar-refractivity contribution in [1.29, 1.82) is 0 Å². The molecule has 0 saturated carbocycles. The van der Waals surface area contributed by atoms with Gasteiger partial charge in [-0.25, -0.2) is 4.79 Å². The van der Waals surface area contributed by atoms with Crippen molar-refractivity contribution in [2.45, 2.75) is 13.8 Å². The Labute approximate surface area is 144 Å². The summed E-state index contributed by atoms with van der Waals surface area (Å²) >= 11 is 0. The average Bonchev–Trinajstić information content (AvgIpc) is 2.99. The molecule has 1 aromatic carbocycles. The highest BCUT2D eigenvalue weighted by molar-refractivity contribution is 6.18. The summed E-state index contributed by atoms with van der Waals surface area (Å²) in [6, 6.07) is 7.70. The van der Waals surface area contributed by atoms with Gasteiger partial charge in [-0.15, -0.1) is 5.10 Å². The van der Waals surface area contributed by atoms with Gasteiger partial charge in [0.25, 0.3) is 5.95 Å². The van der Waals surface area contributed by atoms with Crippen LogP contribution in [0, 0.1) is 0 Å². The minimum Gasteiger partial charge on any atom is -0.480 e. The van der Waals surface area contributed by atoms with Crippen molar-refractivity contribution in [3.05, 3.63) is 47.5 Å². The number of benzene rings is 1. The van der Waals surface area contributed by atoms with E-state index in [9.17, 15) is 9.90 Å². The molecule has 0 saturated heterocycles. The molecule has 8 heteroatoms. The second kappa shape index (κ2) is 8.53. The molecule has 0 unspecified atom stereocenters. The highest BCUT2D eigenvalue weighted by atomic mass is 16.6. The summed E-state index contributed by atoms with van der Waals surface area (Å²) in [6.45, 7) is 3.56. The fourth-order valence-corrected chi connectivity index (χ4v) is 2.12. The highest BCUT2D eigenvalue weighted by Gasteiger charge is 2.22. The Balaban J connectivity index is 2.27. The SMILES string of the molecule is CCOC(=O)C(/C(N)=N/N=C/c1c[nH]c2ccccc12)=C(/O)OCC. The number of aliphatic hydroxyl groups is 1. The van der Waals surface area contributed by atoms with Crippen molar-refractivity contribution in [2.75, 3.05) is 13.2 Å². The third kappa shape index (κ3) is 4.37. The van der Waals surface area contributed by atoms with Gasteiger partial charge >= 0.3 is 5.97 Å². The van der Waals surface area contributed by atoms with Crippen LogP contribution in [0.25, 0.3) is 10.9 Å². The van der Waals surface area contributed by atoms with Crippen molar-refractivity contribution in [3.8, 4) is 0 Å². The lowest BCUT2D eigenvalue weighted by molar-refractivity contribution is -0.138. The number of nitrogens with two attached hydrogens (primary N) is 1. The van der Waals surface area contributed by atoms with E-state index in [0.29, 0.717) is 0 Å². The van der Waals surface area contributed by atoms with Crippen LogP contribution in [0.1, 0.15) is 19.4 Å². The number of esters is 1. The maximum atomic E-state index is 11.9. The highest BCUT2D eigenvalue weighted by Crippen LogP contribution is 2.15. The summed E-state index contributed by atoms with van der Waals surface area (Å²) in [7, 11) is 0. The Kier molecular flexibility index (Phi) is 6.16. The van der Waals surface area contributed by atoms with Crippen LogP contribution in [0.2, 0.25) is 0 Å². The molecule has 0 radical (unpaired) electrons. The smallest absolute Gasteiger partial charge is 0.349 e. The number of hydrogen-bond donors (Lipinski definition) is 3. The molecule has 0 fully saturated rings. The number of nitrogens with one attached hydrogen (secondary N) is 1. The monoisotopic (exact) mass is 344 g/mol. The van der Waals surface area contributed by atoms with E-state index in [2.05, 4.69) is 15.2 Å². The summed E-state index contributed by atoms with van der Waals surface area (Å²) in [5.41, 5.74) is 7.17. The van der Waals surface area contributed by atoms with Crippen LogP contribution in [0.3, 0.4) is 0 Å². The largest absolute Gasteiger partial charge is 0.480 e. The Bertz CT molecular complexity index is 836. The minimum absolute atomic E-state index is 0.119. The minimum atomic E-state index is -0.836. The lowest BCUT2D eigenvalue weighted by Gasteiger charge is -2.08. The number of carbonyl (C=O) groups excluding carboxylic acids is 1. The van der Waals surface area contributed by atoms with Crippen LogP contribution in [-0.4, -0.2) is 41.3 Å². The summed E-state index contributed by atoms with van der Waals surface area (Å²) < 4.78 is 9.77. The van der Waals surface area contributed by atoms with Gasteiger partial charge in [-0.1, -0.05) is 18.2 Å². The molecule has 8 nitrogen and oxygen atoms in total. The summed E-state index contributed by atoms with van der Waals surface area (Å²) in [5.74, 6) is -1.79. The molecule has 25 heavy (non-hydrogen) atoms. The molecule has 2 rings (SSSR count). The summed E-state index contributed by atoms with van der Waals surface area (Å²) in [6.07, 6.45) is 3.27. The summed E-state index contributed by atoms with van der Waals surface area (Å²) in [4.78, 5) is 15.0. The third-order valence-electron chi connectivity index (χ3n) is 3.21. The number of aromatic amines is 1. The van der Waals surface area contributed by atoms with E-state index >= 15 is 0 Å². The Hall–Kier alpha value is -3.29. The van der Waals surface area contributed by atoms with Crippen LogP contribution >= 0.6 is 0 Å². The van der Waals surface area contributed by atoms with Crippen LogP contribution in [0.4, 0.5) is 0 Å². The van der Waals surface area contributed by atoms with Crippen LogP contribution in [-0.2, 0) is 14.3 Å². The van der Waals surface area contributed by atoms with E-state index in [4.69, 9.17) is 15.2 Å². The number of hydrogen-bond acceptors (Lipinski definition) is 6. The molecule has 1 heterocycles. The molecule has 0 spiro atoms. The average molecular weight is 344 g/mol. The predicted molar refractivity (Wildman–Crippen MR) is 95.4 cm³/mol. The van der Waals surface area contributed by atoms with Gasteiger partial charge in [0.2, 0.25) is 0 Å². The zero-order valence-electron chi connectivity index (χ0n) is 14.0. The van der Waals surface area contributed by atoms with E-state index in [0.717, 1.165) is 16.5 Å². The molecule has 0 amide bonds. The van der Waals surface area contributed by atoms with Crippen LogP contribution in [0.5, 0.6) is 0 Å². The van der Waals surface area contributed by atoms with Crippen LogP contribution in [0.15, 0.2) is 52.2 Å². The molecular formula is C17H20N4O4. The standard InChI is InChI=1S/C17H20N4O4/c1-3-24-16(22)14(17(23)25-4-2)15(18)21-20-10-11-9-19-13-8-6-5-7-12(11)13/h5-10,19,22H,3-4H2,1-2H3,(H2,18,21)/b16-14-,20-10+. The number of aliphatic hydroxyl groups excluding tert-OH is 1. The fraction of sp³-hybridized carbons (Fsp3) is 0.235. The lowest BCUT2D eigenvalue weighted by atomic mass is 10.2. The zero-order chi connectivity index (χ0) is 18.2. The molecule has 132 valence electrons. The summed E-state index contributed by atoms with van der Waals surface area (Å²) in [5, 5.41) is 18.5. The van der Waals surface area contributed by atoms with Gasteiger partial charge in [0, 0.05) is 22.7 Å². The van der Waals surface area contributed by atoms with Gasteiger partial charge < -0.3 is 25.3 Å². The number of rotatable bonds is 7. The molecule has 0 atom stereocenters. The van der Waals surface area contributed by atoms with Gasteiger partial charge in [-0.05, 0) is 19.9 Å². The van der Waals surface area contributed by atoms with Crippen molar-refractivity contribution in [1.82, 2.24) is 4.98 Å². The van der Waals surface area contributed by atoms with Gasteiger partial charge in [0.05, 0.1) is 19.4 Å². The second-order valence-corrected chi connectivity index (χ2v) is 4.85. The number of H-pyrrole nitrogens is 1. The molecule has 1 aromatic heterocycles. The van der Waals surface area contributed by atoms with Gasteiger partial charge in [-0.2, -0.15) is 5.10 Å². The van der Waals surface area contributed by atoms with E-state index in [1.807, 2.05) is 24.3 Å². The molecule has 0 bridgehead atoms. The predicted octanol–water partition coefficient (Wildman–Crippen LogP) is 2.23. The van der Waals surface area contributed by atoms with E-state index in [-0.39, 0.29) is 24.6 Å². The first-order chi connectivity index (χ1) is 12.1. The van der Waals surface area contributed by atoms with Gasteiger partial charge in [0.15, 0.2) is 11.4 Å². The molecule has 4 N–H and O–H groups in total. The van der Waals surface area contributed by atoms with Crippen molar-refractivity contribution in [2.24, 2.45) is 15.9 Å². The van der Waals surface area contributed by atoms with Crippen LogP contribution < -0.4 is 5.73 Å². The first-order valence-corrected chi connectivity index (χ1v) is 7.74. The first kappa shape index (κ1) is 18.1. The zero-order valence-corrected chi connectivity index (χ0v) is 14.0. The molecule has 2 aromatic rings. The maximum absolute atomic E-state index is 11.9. The maximum Gasteiger partial charge on any atom is 0.349 e. The molecule has 0 aliphatic heterocycles. The third-order valence-corrected chi connectivity index (χ3v) is 3.21. The molecule has 0 aliphatic carbocycles. The van der Waals surface area contributed by atoms with Gasteiger partial charge in [0.1, 0.15) is 0 Å². The van der Waals surface area contributed by atoms with Crippen molar-refractivity contribution >= 4 is 28.9 Å². The number of aromatic nitrogens is 1. The fourth-order valence-electron chi connectivity index (χ4n) is 2.12. The van der Waals surface area contributed by atoms with Crippen molar-refractivity contribution in [3.63, 3.8) is 0 Å². The lowest BCUT2D eigenvalue weighted by Crippen LogP contribution is -2.25. The number of fused-ring (bicyclic) bond motifs is 1. The second-order valence-electron chi connectivity index (χ2n) is 4.85. The first-order valence-electron chi connectivity index (χ1n) is 7.74. The Morgan fingerprint density at radius 1 is 1.28 bits per heavy atom.